The Labute approximate surface area is 121 Å². The fraction of sp³-hybridized carbons (Fsp3) is 0.286. The summed E-state index contributed by atoms with van der Waals surface area (Å²) in [5, 5.41) is 9.55. The summed E-state index contributed by atoms with van der Waals surface area (Å²) in [5.74, 6) is -0.502. The maximum absolute atomic E-state index is 12.1. The van der Waals surface area contributed by atoms with Gasteiger partial charge >= 0.3 is 0 Å². The zero-order chi connectivity index (χ0) is 14.7. The maximum atomic E-state index is 12.1. The number of nitrogens with zero attached hydrogens (tertiary/aromatic N) is 3. The van der Waals surface area contributed by atoms with Gasteiger partial charge in [0.15, 0.2) is 0 Å². The van der Waals surface area contributed by atoms with Crippen LogP contribution in [-0.2, 0) is 16.1 Å². The molecule has 1 aromatic heterocycles. The van der Waals surface area contributed by atoms with Crippen LogP contribution in [0.4, 0.5) is 5.69 Å². The standard InChI is InChI=1S/C14H15N5O2/c20-13-5-11(6-16-13)14(21)18-12-3-1-2-10(4-12)7-19-9-15-8-17-19/h1-4,8-9,11H,5-7H2,(H,16,20)(H,18,21). The summed E-state index contributed by atoms with van der Waals surface area (Å²) in [4.78, 5) is 27.1. The maximum Gasteiger partial charge on any atom is 0.229 e. The first-order valence-electron chi connectivity index (χ1n) is 6.69. The summed E-state index contributed by atoms with van der Waals surface area (Å²) in [6.07, 6.45) is 3.38. The first-order chi connectivity index (χ1) is 10.2. The lowest BCUT2D eigenvalue weighted by atomic mass is 10.1. The Kier molecular flexibility index (Phi) is 3.63. The molecule has 1 aliphatic rings. The van der Waals surface area contributed by atoms with Crippen LogP contribution in [0.15, 0.2) is 36.9 Å². The van der Waals surface area contributed by atoms with E-state index in [-0.39, 0.29) is 24.2 Å². The van der Waals surface area contributed by atoms with Crippen molar-refractivity contribution in [2.75, 3.05) is 11.9 Å². The van der Waals surface area contributed by atoms with Gasteiger partial charge in [-0.1, -0.05) is 12.1 Å². The van der Waals surface area contributed by atoms with Gasteiger partial charge in [-0.15, -0.1) is 0 Å². The summed E-state index contributed by atoms with van der Waals surface area (Å²) in [6.45, 7) is 0.997. The number of hydrogen-bond donors (Lipinski definition) is 2. The molecule has 3 rings (SSSR count). The van der Waals surface area contributed by atoms with Crippen molar-refractivity contribution < 1.29 is 9.59 Å². The molecular formula is C14H15N5O2. The predicted octanol–water partition coefficient (Wildman–Crippen LogP) is 0.401. The van der Waals surface area contributed by atoms with Gasteiger partial charge in [0.1, 0.15) is 12.7 Å². The molecule has 1 aliphatic heterocycles. The molecule has 7 heteroatoms. The molecule has 21 heavy (non-hydrogen) atoms. The van der Waals surface area contributed by atoms with Crippen molar-refractivity contribution in [1.82, 2.24) is 20.1 Å². The van der Waals surface area contributed by atoms with E-state index in [4.69, 9.17) is 0 Å². The number of hydrogen-bond acceptors (Lipinski definition) is 4. The van der Waals surface area contributed by atoms with E-state index in [2.05, 4.69) is 20.7 Å². The molecule has 0 radical (unpaired) electrons. The highest BCUT2D eigenvalue weighted by Gasteiger charge is 2.27. The lowest BCUT2D eigenvalue weighted by Gasteiger charge is -2.10. The molecular weight excluding hydrogens is 270 g/mol. The first-order valence-corrected chi connectivity index (χ1v) is 6.69. The average molecular weight is 285 g/mol. The first kappa shape index (κ1) is 13.3. The van der Waals surface area contributed by atoms with Gasteiger partial charge in [-0.3, -0.25) is 9.59 Å². The van der Waals surface area contributed by atoms with E-state index in [0.717, 1.165) is 11.3 Å². The van der Waals surface area contributed by atoms with E-state index in [1.807, 2.05) is 24.3 Å². The highest BCUT2D eigenvalue weighted by atomic mass is 16.2. The molecule has 1 unspecified atom stereocenters. The second-order valence-corrected chi connectivity index (χ2v) is 4.99. The number of anilines is 1. The Morgan fingerprint density at radius 1 is 1.48 bits per heavy atom. The molecule has 2 heterocycles. The number of nitrogens with one attached hydrogen (secondary N) is 2. The van der Waals surface area contributed by atoms with Gasteiger partial charge in [0.05, 0.1) is 12.5 Å². The summed E-state index contributed by atoms with van der Waals surface area (Å²) in [7, 11) is 0. The fourth-order valence-corrected chi connectivity index (χ4v) is 2.28. The molecule has 1 aromatic carbocycles. The second-order valence-electron chi connectivity index (χ2n) is 4.99. The highest BCUT2D eigenvalue weighted by molar-refractivity contribution is 5.97. The van der Waals surface area contributed by atoms with Gasteiger partial charge in [-0.2, -0.15) is 5.10 Å². The van der Waals surface area contributed by atoms with Gasteiger partial charge in [0.2, 0.25) is 11.8 Å². The van der Waals surface area contributed by atoms with Gasteiger partial charge in [-0.05, 0) is 17.7 Å². The van der Waals surface area contributed by atoms with Crippen LogP contribution in [0.3, 0.4) is 0 Å². The SMILES string of the molecule is O=C1CC(C(=O)Nc2cccc(Cn3cncn3)c2)CN1. The van der Waals surface area contributed by atoms with Crippen LogP contribution in [0, 0.1) is 5.92 Å². The largest absolute Gasteiger partial charge is 0.355 e. The second kappa shape index (κ2) is 5.74. The third-order valence-electron chi connectivity index (χ3n) is 3.35. The number of aromatic nitrogens is 3. The predicted molar refractivity (Wildman–Crippen MR) is 75.3 cm³/mol. The third kappa shape index (κ3) is 3.25. The van der Waals surface area contributed by atoms with E-state index in [1.165, 1.54) is 6.33 Å². The van der Waals surface area contributed by atoms with Crippen LogP contribution in [0.1, 0.15) is 12.0 Å². The molecule has 0 saturated carbocycles. The van der Waals surface area contributed by atoms with Crippen LogP contribution in [0.25, 0.3) is 0 Å². The Morgan fingerprint density at radius 2 is 2.38 bits per heavy atom. The Hall–Kier alpha value is -2.70. The van der Waals surface area contributed by atoms with Crippen LogP contribution in [0.5, 0.6) is 0 Å². The Bertz CT molecular complexity index is 653. The normalized spacial score (nSPS) is 17.5. The Morgan fingerprint density at radius 3 is 3.10 bits per heavy atom. The van der Waals surface area contributed by atoms with E-state index in [1.54, 1.807) is 11.0 Å². The highest BCUT2D eigenvalue weighted by Crippen LogP contribution is 2.15. The van der Waals surface area contributed by atoms with Crippen molar-refractivity contribution in [2.45, 2.75) is 13.0 Å². The summed E-state index contributed by atoms with van der Waals surface area (Å²) in [5.41, 5.74) is 1.73. The van der Waals surface area contributed by atoms with Crippen molar-refractivity contribution in [1.29, 1.82) is 0 Å². The number of benzene rings is 1. The molecule has 1 atom stereocenters. The van der Waals surface area contributed by atoms with Crippen LogP contribution >= 0.6 is 0 Å². The van der Waals surface area contributed by atoms with Crippen molar-refractivity contribution in [2.24, 2.45) is 5.92 Å². The lowest BCUT2D eigenvalue weighted by Crippen LogP contribution is -2.24. The topological polar surface area (TPSA) is 88.9 Å². The molecule has 1 saturated heterocycles. The van der Waals surface area contributed by atoms with Gasteiger partial charge in [0, 0.05) is 18.7 Å². The number of amides is 2. The van der Waals surface area contributed by atoms with Crippen molar-refractivity contribution in [3.63, 3.8) is 0 Å². The van der Waals surface area contributed by atoms with Crippen LogP contribution < -0.4 is 10.6 Å². The zero-order valence-corrected chi connectivity index (χ0v) is 11.3. The Balaban J connectivity index is 1.65. The number of rotatable bonds is 4. The van der Waals surface area contributed by atoms with Crippen molar-refractivity contribution in [3.8, 4) is 0 Å². The summed E-state index contributed by atoms with van der Waals surface area (Å²) < 4.78 is 1.71. The minimum Gasteiger partial charge on any atom is -0.355 e. The number of carbonyl (C=O) groups is 2. The molecule has 2 N–H and O–H groups in total. The van der Waals surface area contributed by atoms with Gasteiger partial charge in [-0.25, -0.2) is 9.67 Å². The van der Waals surface area contributed by atoms with Crippen LogP contribution in [0.2, 0.25) is 0 Å². The summed E-state index contributed by atoms with van der Waals surface area (Å²) >= 11 is 0. The molecule has 108 valence electrons. The van der Waals surface area contributed by atoms with Crippen molar-refractivity contribution in [3.05, 3.63) is 42.5 Å². The van der Waals surface area contributed by atoms with E-state index >= 15 is 0 Å². The zero-order valence-electron chi connectivity index (χ0n) is 11.3. The lowest BCUT2D eigenvalue weighted by molar-refractivity contribution is -0.123. The molecule has 2 amide bonds. The molecule has 7 nitrogen and oxygen atoms in total. The minimum atomic E-state index is -0.295. The molecule has 0 bridgehead atoms. The summed E-state index contributed by atoms with van der Waals surface area (Å²) in [6, 6.07) is 7.55. The minimum absolute atomic E-state index is 0.0740. The van der Waals surface area contributed by atoms with E-state index in [0.29, 0.717) is 13.1 Å². The average Bonchev–Trinajstić information content (AvgIpc) is 3.11. The van der Waals surface area contributed by atoms with Crippen LogP contribution in [-0.4, -0.2) is 33.1 Å². The molecule has 2 aromatic rings. The molecule has 1 fully saturated rings. The van der Waals surface area contributed by atoms with Crippen molar-refractivity contribution >= 4 is 17.5 Å². The quantitative estimate of drug-likeness (QED) is 0.851. The fourth-order valence-electron chi connectivity index (χ4n) is 2.28. The van der Waals surface area contributed by atoms with E-state index < -0.39 is 0 Å². The third-order valence-corrected chi connectivity index (χ3v) is 3.35. The number of carbonyl (C=O) groups excluding carboxylic acids is 2. The van der Waals surface area contributed by atoms with Gasteiger partial charge < -0.3 is 10.6 Å². The molecule has 0 spiro atoms. The molecule has 0 aliphatic carbocycles. The van der Waals surface area contributed by atoms with Gasteiger partial charge in [0.25, 0.3) is 0 Å². The monoisotopic (exact) mass is 285 g/mol. The van der Waals surface area contributed by atoms with E-state index in [9.17, 15) is 9.59 Å². The smallest absolute Gasteiger partial charge is 0.229 e.